The number of rotatable bonds is 4. The normalized spacial score (nSPS) is 26.5. The molecule has 0 saturated heterocycles. The largest absolute Gasteiger partial charge is 0.487 e. The smallest absolute Gasteiger partial charge is 0.315 e. The highest BCUT2D eigenvalue weighted by Gasteiger charge is 2.47. The highest BCUT2D eigenvalue weighted by Crippen LogP contribution is 2.48. The predicted molar refractivity (Wildman–Crippen MR) is 90.9 cm³/mol. The number of ether oxygens (including phenoxy) is 1. The molecule has 5 nitrogen and oxygen atoms in total. The summed E-state index contributed by atoms with van der Waals surface area (Å²) in [6.45, 7) is 1.90. The molecular formula is C19H26N2O3. The Morgan fingerprint density at radius 1 is 1.38 bits per heavy atom. The van der Waals surface area contributed by atoms with Gasteiger partial charge in [-0.15, -0.1) is 0 Å². The number of urea groups is 1. The Hall–Kier alpha value is -1.75. The van der Waals surface area contributed by atoms with E-state index >= 15 is 0 Å². The SMILES string of the molecule is C[C@@](CO)(NC(=O)N[C@@H]1CC2(CCC2)Oc2ccccc21)C1CC1. The zero-order valence-corrected chi connectivity index (χ0v) is 14.2. The molecule has 2 atom stereocenters. The molecular weight excluding hydrogens is 304 g/mol. The summed E-state index contributed by atoms with van der Waals surface area (Å²) in [5.74, 6) is 1.27. The van der Waals surface area contributed by atoms with E-state index in [1.54, 1.807) is 0 Å². The van der Waals surface area contributed by atoms with Crippen LogP contribution in [0.4, 0.5) is 4.79 Å². The summed E-state index contributed by atoms with van der Waals surface area (Å²) in [7, 11) is 0. The molecule has 1 spiro atoms. The van der Waals surface area contributed by atoms with E-state index in [2.05, 4.69) is 10.6 Å². The number of carbonyl (C=O) groups is 1. The van der Waals surface area contributed by atoms with E-state index in [0.717, 1.165) is 43.4 Å². The fourth-order valence-corrected chi connectivity index (χ4v) is 4.07. The molecule has 2 aliphatic carbocycles. The lowest BCUT2D eigenvalue weighted by atomic mass is 9.73. The first-order valence-corrected chi connectivity index (χ1v) is 9.01. The standard InChI is InChI=1S/C19H26N2O3/c1-18(12-22,13-7-8-13)21-17(23)20-15-11-19(9-4-10-19)24-16-6-3-2-5-14(15)16/h2-3,5-6,13,15,22H,4,7-12H2,1H3,(H2,20,21,23)/t15-,18+/m1/s1. The monoisotopic (exact) mass is 330 g/mol. The summed E-state index contributed by atoms with van der Waals surface area (Å²) < 4.78 is 6.23. The predicted octanol–water partition coefficient (Wildman–Crippen LogP) is 2.89. The molecule has 1 heterocycles. The second-order valence-electron chi connectivity index (χ2n) is 7.88. The van der Waals surface area contributed by atoms with Crippen LogP contribution in [0.15, 0.2) is 24.3 Å². The molecule has 3 aliphatic rings. The van der Waals surface area contributed by atoms with Gasteiger partial charge in [-0.05, 0) is 51.0 Å². The molecule has 3 N–H and O–H groups in total. The fourth-order valence-electron chi connectivity index (χ4n) is 4.07. The van der Waals surface area contributed by atoms with Gasteiger partial charge in [0, 0.05) is 12.0 Å². The van der Waals surface area contributed by atoms with E-state index in [9.17, 15) is 9.90 Å². The van der Waals surface area contributed by atoms with Crippen molar-refractivity contribution < 1.29 is 14.6 Å². The third-order valence-electron chi connectivity index (χ3n) is 5.97. The average Bonchev–Trinajstić information content (AvgIpc) is 3.38. The summed E-state index contributed by atoms with van der Waals surface area (Å²) in [5, 5.41) is 15.8. The Labute approximate surface area is 142 Å². The summed E-state index contributed by atoms with van der Waals surface area (Å²) in [6.07, 6.45) is 6.25. The van der Waals surface area contributed by atoms with Gasteiger partial charge in [0.1, 0.15) is 11.4 Å². The van der Waals surface area contributed by atoms with Gasteiger partial charge >= 0.3 is 6.03 Å². The van der Waals surface area contributed by atoms with Crippen LogP contribution in [0.3, 0.4) is 0 Å². The van der Waals surface area contributed by atoms with E-state index in [0.29, 0.717) is 5.92 Å². The molecule has 0 unspecified atom stereocenters. The van der Waals surface area contributed by atoms with Crippen LogP contribution in [0.1, 0.15) is 57.1 Å². The van der Waals surface area contributed by atoms with E-state index in [4.69, 9.17) is 4.74 Å². The van der Waals surface area contributed by atoms with Crippen LogP contribution in [0.2, 0.25) is 0 Å². The topological polar surface area (TPSA) is 70.6 Å². The van der Waals surface area contributed by atoms with Crippen LogP contribution in [0.25, 0.3) is 0 Å². The first-order valence-electron chi connectivity index (χ1n) is 9.01. The molecule has 2 amide bonds. The van der Waals surface area contributed by atoms with Crippen molar-refractivity contribution in [2.45, 2.75) is 62.6 Å². The zero-order valence-electron chi connectivity index (χ0n) is 14.2. The van der Waals surface area contributed by atoms with Gasteiger partial charge in [-0.2, -0.15) is 0 Å². The maximum absolute atomic E-state index is 12.6. The molecule has 130 valence electrons. The lowest BCUT2D eigenvalue weighted by molar-refractivity contribution is -0.0356. The van der Waals surface area contributed by atoms with Crippen LogP contribution in [-0.4, -0.2) is 28.9 Å². The van der Waals surface area contributed by atoms with Crippen LogP contribution in [0.5, 0.6) is 5.75 Å². The second kappa shape index (κ2) is 5.66. The molecule has 1 aliphatic heterocycles. The molecule has 2 fully saturated rings. The molecule has 4 rings (SSSR count). The van der Waals surface area contributed by atoms with Gasteiger partial charge in [-0.25, -0.2) is 4.79 Å². The molecule has 5 heteroatoms. The summed E-state index contributed by atoms with van der Waals surface area (Å²) in [6, 6.07) is 7.73. The van der Waals surface area contributed by atoms with Crippen molar-refractivity contribution in [3.8, 4) is 5.75 Å². The summed E-state index contributed by atoms with van der Waals surface area (Å²) >= 11 is 0. The number of hydrogen-bond acceptors (Lipinski definition) is 3. The van der Waals surface area contributed by atoms with Crippen molar-refractivity contribution in [2.24, 2.45) is 5.92 Å². The van der Waals surface area contributed by atoms with Gasteiger partial charge in [-0.3, -0.25) is 0 Å². The lowest BCUT2D eigenvalue weighted by Crippen LogP contribution is -2.56. The van der Waals surface area contributed by atoms with Gasteiger partial charge in [-0.1, -0.05) is 18.2 Å². The van der Waals surface area contributed by atoms with Crippen molar-refractivity contribution in [1.82, 2.24) is 10.6 Å². The molecule has 0 aromatic heterocycles. The first kappa shape index (κ1) is 15.8. The Morgan fingerprint density at radius 3 is 2.75 bits per heavy atom. The van der Waals surface area contributed by atoms with Gasteiger partial charge in [0.2, 0.25) is 0 Å². The van der Waals surface area contributed by atoms with Crippen LogP contribution in [-0.2, 0) is 0 Å². The highest BCUT2D eigenvalue weighted by molar-refractivity contribution is 5.75. The number of aliphatic hydroxyl groups is 1. The minimum Gasteiger partial charge on any atom is -0.487 e. The van der Waals surface area contributed by atoms with Crippen molar-refractivity contribution in [3.63, 3.8) is 0 Å². The third kappa shape index (κ3) is 2.75. The maximum atomic E-state index is 12.6. The summed E-state index contributed by atoms with van der Waals surface area (Å²) in [5.41, 5.74) is 0.411. The van der Waals surface area contributed by atoms with E-state index in [-0.39, 0.29) is 24.3 Å². The average molecular weight is 330 g/mol. The Balaban J connectivity index is 1.49. The van der Waals surface area contributed by atoms with Crippen molar-refractivity contribution in [2.75, 3.05) is 6.61 Å². The lowest BCUT2D eigenvalue weighted by Gasteiger charge is -2.48. The molecule has 1 aromatic rings. The van der Waals surface area contributed by atoms with E-state index in [1.165, 1.54) is 6.42 Å². The van der Waals surface area contributed by atoms with E-state index < -0.39 is 5.54 Å². The number of amides is 2. The first-order chi connectivity index (χ1) is 11.5. The fraction of sp³-hybridized carbons (Fsp3) is 0.632. The Kier molecular flexibility index (Phi) is 3.71. The Morgan fingerprint density at radius 2 is 2.12 bits per heavy atom. The van der Waals surface area contributed by atoms with Crippen LogP contribution in [0, 0.1) is 5.92 Å². The van der Waals surface area contributed by atoms with Crippen molar-refractivity contribution in [1.29, 1.82) is 0 Å². The van der Waals surface area contributed by atoms with Gasteiger partial charge in [0.15, 0.2) is 0 Å². The number of benzene rings is 1. The minimum absolute atomic E-state index is 0.0284. The number of fused-ring (bicyclic) bond motifs is 1. The minimum atomic E-state index is -0.525. The quantitative estimate of drug-likeness (QED) is 0.795. The molecule has 0 radical (unpaired) electrons. The molecule has 2 saturated carbocycles. The number of nitrogens with one attached hydrogen (secondary N) is 2. The van der Waals surface area contributed by atoms with Crippen molar-refractivity contribution in [3.05, 3.63) is 29.8 Å². The second-order valence-corrected chi connectivity index (χ2v) is 7.88. The maximum Gasteiger partial charge on any atom is 0.315 e. The Bertz CT molecular complexity index is 639. The molecule has 0 bridgehead atoms. The zero-order chi connectivity index (χ0) is 16.8. The number of hydrogen-bond donors (Lipinski definition) is 3. The number of aliphatic hydroxyl groups excluding tert-OH is 1. The van der Waals surface area contributed by atoms with Crippen molar-refractivity contribution >= 4 is 6.03 Å². The van der Waals surface area contributed by atoms with Crippen LogP contribution < -0.4 is 15.4 Å². The highest BCUT2D eigenvalue weighted by atomic mass is 16.5. The number of carbonyl (C=O) groups excluding carboxylic acids is 1. The van der Waals surface area contributed by atoms with Gasteiger partial charge in [0.05, 0.1) is 18.2 Å². The third-order valence-corrected chi connectivity index (χ3v) is 5.97. The van der Waals surface area contributed by atoms with Gasteiger partial charge in [0.25, 0.3) is 0 Å². The van der Waals surface area contributed by atoms with E-state index in [1.807, 2.05) is 31.2 Å². The molecule has 1 aromatic carbocycles. The van der Waals surface area contributed by atoms with Crippen LogP contribution >= 0.6 is 0 Å². The molecule has 24 heavy (non-hydrogen) atoms. The number of para-hydroxylation sites is 1. The summed E-state index contributed by atoms with van der Waals surface area (Å²) in [4.78, 5) is 12.6. The van der Waals surface area contributed by atoms with Gasteiger partial charge < -0.3 is 20.5 Å².